The maximum atomic E-state index is 12.6. The van der Waals surface area contributed by atoms with Gasteiger partial charge in [-0.05, 0) is 35.7 Å². The van der Waals surface area contributed by atoms with Gasteiger partial charge in [-0.25, -0.2) is 8.78 Å². The summed E-state index contributed by atoms with van der Waals surface area (Å²) in [5, 5.41) is 10.7. The molecule has 0 bridgehead atoms. The highest BCUT2D eigenvalue weighted by atomic mass is 35.5. The molecule has 0 aromatic heterocycles. The Labute approximate surface area is 121 Å². The first-order valence-corrected chi connectivity index (χ1v) is 6.66. The zero-order chi connectivity index (χ0) is 14.7. The van der Waals surface area contributed by atoms with Gasteiger partial charge in [-0.1, -0.05) is 41.9 Å². The van der Waals surface area contributed by atoms with Gasteiger partial charge in [-0.2, -0.15) is 0 Å². The van der Waals surface area contributed by atoms with Gasteiger partial charge in [0, 0.05) is 17.0 Å². The highest BCUT2D eigenvalue weighted by Crippen LogP contribution is 2.27. The van der Waals surface area contributed by atoms with Crippen LogP contribution < -0.4 is 0 Å². The van der Waals surface area contributed by atoms with Gasteiger partial charge in [-0.15, -0.1) is 0 Å². The van der Waals surface area contributed by atoms with Crippen molar-refractivity contribution in [2.24, 2.45) is 0 Å². The SMILES string of the molecule is Cc1ccc(CC(O)c2cccc(C(F)F)c2)c(Cl)c1. The van der Waals surface area contributed by atoms with E-state index in [0.717, 1.165) is 11.1 Å². The average molecular weight is 297 g/mol. The van der Waals surface area contributed by atoms with E-state index in [1.54, 1.807) is 6.07 Å². The molecule has 0 aliphatic carbocycles. The van der Waals surface area contributed by atoms with Crippen LogP contribution in [0.25, 0.3) is 0 Å². The summed E-state index contributed by atoms with van der Waals surface area (Å²) in [5.74, 6) is 0. The summed E-state index contributed by atoms with van der Waals surface area (Å²) in [6.45, 7) is 1.93. The Morgan fingerprint density at radius 3 is 2.45 bits per heavy atom. The van der Waals surface area contributed by atoms with Crippen molar-refractivity contribution in [3.05, 3.63) is 69.7 Å². The van der Waals surface area contributed by atoms with Crippen LogP contribution in [0.2, 0.25) is 5.02 Å². The predicted molar refractivity (Wildman–Crippen MR) is 76.3 cm³/mol. The molecule has 0 fully saturated rings. The number of hydrogen-bond donors (Lipinski definition) is 1. The summed E-state index contributed by atoms with van der Waals surface area (Å²) in [6.07, 6.45) is -3.09. The Morgan fingerprint density at radius 1 is 1.10 bits per heavy atom. The van der Waals surface area contributed by atoms with Crippen LogP contribution in [-0.4, -0.2) is 5.11 Å². The lowest BCUT2D eigenvalue weighted by molar-refractivity contribution is 0.149. The fourth-order valence-electron chi connectivity index (χ4n) is 2.05. The fourth-order valence-corrected chi connectivity index (χ4v) is 2.36. The third kappa shape index (κ3) is 3.56. The molecule has 0 aliphatic heterocycles. The first kappa shape index (κ1) is 14.9. The van der Waals surface area contributed by atoms with Gasteiger partial charge >= 0.3 is 0 Å². The maximum absolute atomic E-state index is 12.6. The molecule has 0 radical (unpaired) electrons. The van der Waals surface area contributed by atoms with Crippen molar-refractivity contribution in [1.29, 1.82) is 0 Å². The summed E-state index contributed by atoms with van der Waals surface area (Å²) in [5.41, 5.74) is 2.22. The zero-order valence-corrected chi connectivity index (χ0v) is 11.7. The quantitative estimate of drug-likeness (QED) is 0.854. The molecular weight excluding hydrogens is 282 g/mol. The van der Waals surface area contributed by atoms with E-state index in [4.69, 9.17) is 11.6 Å². The molecule has 0 spiro atoms. The van der Waals surface area contributed by atoms with Crippen LogP contribution in [0.3, 0.4) is 0 Å². The molecule has 0 saturated heterocycles. The lowest BCUT2D eigenvalue weighted by Crippen LogP contribution is -2.03. The Balaban J connectivity index is 2.19. The van der Waals surface area contributed by atoms with Gasteiger partial charge in [0.15, 0.2) is 0 Å². The Morgan fingerprint density at radius 2 is 1.80 bits per heavy atom. The summed E-state index contributed by atoms with van der Waals surface area (Å²) in [7, 11) is 0. The van der Waals surface area contributed by atoms with Crippen molar-refractivity contribution in [2.45, 2.75) is 25.9 Å². The molecule has 1 atom stereocenters. The van der Waals surface area contributed by atoms with E-state index < -0.39 is 12.5 Å². The van der Waals surface area contributed by atoms with Crippen LogP contribution in [0.15, 0.2) is 42.5 Å². The van der Waals surface area contributed by atoms with E-state index in [2.05, 4.69) is 0 Å². The molecular formula is C16H15ClF2O. The van der Waals surface area contributed by atoms with Crippen molar-refractivity contribution in [3.63, 3.8) is 0 Å². The molecule has 0 saturated carbocycles. The molecule has 4 heteroatoms. The van der Waals surface area contributed by atoms with Crippen LogP contribution in [0, 0.1) is 6.92 Å². The first-order valence-electron chi connectivity index (χ1n) is 6.28. The minimum atomic E-state index is -2.54. The average Bonchev–Trinajstić information content (AvgIpc) is 2.42. The van der Waals surface area contributed by atoms with Crippen molar-refractivity contribution < 1.29 is 13.9 Å². The number of halogens is 3. The van der Waals surface area contributed by atoms with E-state index in [-0.39, 0.29) is 5.56 Å². The van der Waals surface area contributed by atoms with Crippen molar-refractivity contribution >= 4 is 11.6 Å². The number of benzene rings is 2. The largest absolute Gasteiger partial charge is 0.388 e. The molecule has 0 amide bonds. The third-order valence-electron chi connectivity index (χ3n) is 3.17. The molecule has 2 aromatic carbocycles. The predicted octanol–water partition coefficient (Wildman–Crippen LogP) is 4.86. The fraction of sp³-hybridized carbons (Fsp3) is 0.250. The van der Waals surface area contributed by atoms with E-state index in [9.17, 15) is 13.9 Å². The van der Waals surface area contributed by atoms with Gasteiger partial charge in [0.2, 0.25) is 0 Å². The number of hydrogen-bond acceptors (Lipinski definition) is 1. The molecule has 0 aliphatic rings. The molecule has 0 heterocycles. The van der Waals surface area contributed by atoms with Crippen molar-refractivity contribution in [2.75, 3.05) is 0 Å². The van der Waals surface area contributed by atoms with E-state index >= 15 is 0 Å². The second-order valence-corrected chi connectivity index (χ2v) is 5.19. The number of aliphatic hydroxyl groups excluding tert-OH is 1. The molecule has 106 valence electrons. The second kappa shape index (κ2) is 6.33. The van der Waals surface area contributed by atoms with Crippen LogP contribution >= 0.6 is 11.6 Å². The number of rotatable bonds is 4. The smallest absolute Gasteiger partial charge is 0.263 e. The number of aryl methyl sites for hydroxylation is 1. The molecule has 2 aromatic rings. The van der Waals surface area contributed by atoms with Gasteiger partial charge in [0.1, 0.15) is 0 Å². The lowest BCUT2D eigenvalue weighted by atomic mass is 9.99. The van der Waals surface area contributed by atoms with Gasteiger partial charge in [0.05, 0.1) is 6.10 Å². The van der Waals surface area contributed by atoms with Crippen LogP contribution in [0.1, 0.15) is 34.8 Å². The standard InChI is InChI=1S/C16H15ClF2O/c1-10-5-6-11(14(17)7-10)9-15(20)12-3-2-4-13(8-12)16(18)19/h2-8,15-16,20H,9H2,1H3. The number of alkyl halides is 2. The highest BCUT2D eigenvalue weighted by Gasteiger charge is 2.14. The summed E-state index contributed by atoms with van der Waals surface area (Å²) >= 11 is 6.11. The van der Waals surface area contributed by atoms with Crippen molar-refractivity contribution in [3.8, 4) is 0 Å². The Kier molecular flexibility index (Phi) is 4.73. The van der Waals surface area contributed by atoms with E-state index in [1.807, 2.05) is 25.1 Å². The summed E-state index contributed by atoms with van der Waals surface area (Å²) in [4.78, 5) is 0. The summed E-state index contributed by atoms with van der Waals surface area (Å²) < 4.78 is 25.3. The van der Waals surface area contributed by atoms with Gasteiger partial charge in [0.25, 0.3) is 6.43 Å². The topological polar surface area (TPSA) is 20.2 Å². The van der Waals surface area contributed by atoms with E-state index in [0.29, 0.717) is 17.0 Å². The summed E-state index contributed by atoms with van der Waals surface area (Å²) in [6, 6.07) is 11.4. The Hall–Kier alpha value is -1.45. The van der Waals surface area contributed by atoms with Crippen molar-refractivity contribution in [1.82, 2.24) is 0 Å². The zero-order valence-electron chi connectivity index (χ0n) is 11.0. The minimum Gasteiger partial charge on any atom is -0.388 e. The van der Waals surface area contributed by atoms with Gasteiger partial charge in [-0.3, -0.25) is 0 Å². The molecule has 1 nitrogen and oxygen atoms in total. The third-order valence-corrected chi connectivity index (χ3v) is 3.52. The Bertz CT molecular complexity index is 599. The molecule has 2 rings (SSSR count). The normalized spacial score (nSPS) is 12.7. The van der Waals surface area contributed by atoms with E-state index in [1.165, 1.54) is 18.2 Å². The molecule has 1 N–H and O–H groups in total. The molecule has 1 unspecified atom stereocenters. The second-order valence-electron chi connectivity index (χ2n) is 4.79. The monoisotopic (exact) mass is 296 g/mol. The molecule has 20 heavy (non-hydrogen) atoms. The lowest BCUT2D eigenvalue weighted by Gasteiger charge is -2.13. The highest BCUT2D eigenvalue weighted by molar-refractivity contribution is 6.31. The van der Waals surface area contributed by atoms with Crippen LogP contribution in [0.4, 0.5) is 8.78 Å². The van der Waals surface area contributed by atoms with Crippen LogP contribution in [-0.2, 0) is 6.42 Å². The minimum absolute atomic E-state index is 0.0865. The van der Waals surface area contributed by atoms with Crippen LogP contribution in [0.5, 0.6) is 0 Å². The first-order chi connectivity index (χ1) is 9.47. The number of aliphatic hydroxyl groups is 1. The van der Waals surface area contributed by atoms with Gasteiger partial charge < -0.3 is 5.11 Å². The maximum Gasteiger partial charge on any atom is 0.263 e.